The van der Waals surface area contributed by atoms with E-state index in [1.807, 2.05) is 0 Å². The molecular weight excluding hydrogens is 170 g/mol. The summed E-state index contributed by atoms with van der Waals surface area (Å²) in [6.07, 6.45) is 0.710. The highest BCUT2D eigenvalue weighted by Crippen LogP contribution is 1.93. The van der Waals surface area contributed by atoms with Gasteiger partial charge < -0.3 is 10.8 Å². The van der Waals surface area contributed by atoms with Crippen LogP contribution in [0.5, 0.6) is 0 Å². The van der Waals surface area contributed by atoms with E-state index in [9.17, 15) is 13.2 Å². The molecule has 0 aliphatic rings. The summed E-state index contributed by atoms with van der Waals surface area (Å²) in [5, 5.41) is 8.21. The highest BCUT2D eigenvalue weighted by atomic mass is 32.2. The van der Waals surface area contributed by atoms with E-state index >= 15 is 0 Å². The summed E-state index contributed by atoms with van der Waals surface area (Å²) in [5.74, 6) is -1.36. The predicted molar refractivity (Wildman–Crippen MR) is 39.9 cm³/mol. The van der Waals surface area contributed by atoms with E-state index in [1.165, 1.54) is 0 Å². The molecule has 0 radical (unpaired) electrons. The van der Waals surface area contributed by atoms with Crippen molar-refractivity contribution in [2.24, 2.45) is 5.73 Å². The normalized spacial score (nSPS) is 14.4. The quantitative estimate of drug-likeness (QED) is 0.569. The summed E-state index contributed by atoms with van der Waals surface area (Å²) in [7, 11) is -3.16. The van der Waals surface area contributed by atoms with Gasteiger partial charge in [0.1, 0.15) is 9.84 Å². The largest absolute Gasteiger partial charge is 0.481 e. The standard InChI is InChI=1S/C5H11NO4S/c1-11(9,10)3-4(6)2-5(7)8/h4H,2-3,6H2,1H3,(H,7,8). The number of hydrogen-bond donors (Lipinski definition) is 2. The Balaban J connectivity index is 3.89. The van der Waals surface area contributed by atoms with E-state index < -0.39 is 21.8 Å². The first-order chi connectivity index (χ1) is 4.81. The molecule has 66 valence electrons. The van der Waals surface area contributed by atoms with Crippen LogP contribution in [0.1, 0.15) is 6.42 Å². The van der Waals surface area contributed by atoms with Crippen LogP contribution in [0.3, 0.4) is 0 Å². The van der Waals surface area contributed by atoms with Crippen molar-refractivity contribution in [2.45, 2.75) is 12.5 Å². The molecule has 0 spiro atoms. The Kier molecular flexibility index (Phi) is 3.47. The van der Waals surface area contributed by atoms with Crippen LogP contribution in [0.4, 0.5) is 0 Å². The monoisotopic (exact) mass is 181 g/mol. The first-order valence-electron chi connectivity index (χ1n) is 2.96. The smallest absolute Gasteiger partial charge is 0.304 e. The highest BCUT2D eigenvalue weighted by molar-refractivity contribution is 7.90. The zero-order valence-electron chi connectivity index (χ0n) is 6.15. The van der Waals surface area contributed by atoms with Crippen molar-refractivity contribution in [2.75, 3.05) is 12.0 Å². The number of rotatable bonds is 4. The number of sulfone groups is 1. The van der Waals surface area contributed by atoms with Gasteiger partial charge in [0, 0.05) is 12.3 Å². The van der Waals surface area contributed by atoms with Gasteiger partial charge in [-0.1, -0.05) is 0 Å². The maximum atomic E-state index is 10.6. The number of aliphatic carboxylic acids is 1. The number of carboxylic acid groups (broad SMARTS) is 1. The van der Waals surface area contributed by atoms with Crippen molar-refractivity contribution in [3.8, 4) is 0 Å². The zero-order chi connectivity index (χ0) is 9.07. The van der Waals surface area contributed by atoms with Gasteiger partial charge in [-0.05, 0) is 0 Å². The van der Waals surface area contributed by atoms with Crippen LogP contribution in [-0.4, -0.2) is 37.5 Å². The van der Waals surface area contributed by atoms with Crippen LogP contribution in [0.2, 0.25) is 0 Å². The fourth-order valence-corrected chi connectivity index (χ4v) is 1.57. The molecule has 0 aromatic rings. The van der Waals surface area contributed by atoms with E-state index in [0.717, 1.165) is 6.26 Å². The second-order valence-electron chi connectivity index (χ2n) is 2.45. The molecule has 5 nitrogen and oxygen atoms in total. The molecule has 0 bridgehead atoms. The fraction of sp³-hybridized carbons (Fsp3) is 0.800. The van der Waals surface area contributed by atoms with E-state index in [-0.39, 0.29) is 12.2 Å². The number of carbonyl (C=O) groups is 1. The van der Waals surface area contributed by atoms with Gasteiger partial charge in [0.2, 0.25) is 0 Å². The summed E-state index contributed by atoms with van der Waals surface area (Å²) < 4.78 is 21.1. The second-order valence-corrected chi connectivity index (χ2v) is 4.64. The van der Waals surface area contributed by atoms with Crippen LogP contribution in [0, 0.1) is 0 Å². The second kappa shape index (κ2) is 3.68. The molecule has 11 heavy (non-hydrogen) atoms. The lowest BCUT2D eigenvalue weighted by Gasteiger charge is -2.05. The number of nitrogens with two attached hydrogens (primary N) is 1. The highest BCUT2D eigenvalue weighted by Gasteiger charge is 2.13. The molecule has 0 heterocycles. The summed E-state index contributed by atoms with van der Waals surface area (Å²) in [6.45, 7) is 0. The van der Waals surface area contributed by atoms with Crippen LogP contribution in [0.15, 0.2) is 0 Å². The van der Waals surface area contributed by atoms with Crippen LogP contribution < -0.4 is 5.73 Å². The number of carboxylic acids is 1. The molecule has 0 aromatic heterocycles. The zero-order valence-corrected chi connectivity index (χ0v) is 6.97. The Labute approximate surface area is 65.1 Å². The SMILES string of the molecule is CS(=O)(=O)CC(N)CC(=O)O. The maximum absolute atomic E-state index is 10.6. The Morgan fingerprint density at radius 1 is 1.64 bits per heavy atom. The predicted octanol–water partition coefficient (Wildman–Crippen LogP) is -1.17. The summed E-state index contributed by atoms with van der Waals surface area (Å²) >= 11 is 0. The lowest BCUT2D eigenvalue weighted by molar-refractivity contribution is -0.137. The molecule has 0 fully saturated rings. The minimum Gasteiger partial charge on any atom is -0.481 e. The molecule has 3 N–H and O–H groups in total. The summed E-state index contributed by atoms with van der Waals surface area (Å²) in [6, 6.07) is -0.803. The van der Waals surface area contributed by atoms with Gasteiger partial charge in [-0.25, -0.2) is 8.42 Å². The molecule has 0 aliphatic heterocycles. The third-order valence-electron chi connectivity index (χ3n) is 0.954. The van der Waals surface area contributed by atoms with Gasteiger partial charge in [-0.2, -0.15) is 0 Å². The molecular formula is C5H11NO4S. The minimum absolute atomic E-state index is 0.278. The van der Waals surface area contributed by atoms with Gasteiger partial charge in [-0.3, -0.25) is 4.79 Å². The Bertz CT molecular complexity index is 233. The molecule has 0 saturated heterocycles. The third kappa shape index (κ3) is 7.27. The Morgan fingerprint density at radius 3 is 2.36 bits per heavy atom. The first kappa shape index (κ1) is 10.4. The molecule has 0 aromatic carbocycles. The molecule has 0 aliphatic carbocycles. The van der Waals surface area contributed by atoms with Crippen LogP contribution in [0.25, 0.3) is 0 Å². The fourth-order valence-electron chi connectivity index (χ4n) is 0.672. The minimum atomic E-state index is -3.16. The van der Waals surface area contributed by atoms with E-state index in [1.54, 1.807) is 0 Å². The topological polar surface area (TPSA) is 97.5 Å². The van der Waals surface area contributed by atoms with Crippen molar-refractivity contribution in [3.63, 3.8) is 0 Å². The van der Waals surface area contributed by atoms with E-state index in [2.05, 4.69) is 0 Å². The van der Waals surface area contributed by atoms with Crippen LogP contribution in [-0.2, 0) is 14.6 Å². The molecule has 6 heteroatoms. The van der Waals surface area contributed by atoms with Crippen molar-refractivity contribution in [1.82, 2.24) is 0 Å². The van der Waals surface area contributed by atoms with Gasteiger partial charge in [0.25, 0.3) is 0 Å². The van der Waals surface area contributed by atoms with E-state index in [0.29, 0.717) is 0 Å². The Morgan fingerprint density at radius 2 is 2.09 bits per heavy atom. The van der Waals surface area contributed by atoms with Gasteiger partial charge >= 0.3 is 5.97 Å². The van der Waals surface area contributed by atoms with Crippen molar-refractivity contribution in [3.05, 3.63) is 0 Å². The van der Waals surface area contributed by atoms with Gasteiger partial charge in [-0.15, -0.1) is 0 Å². The molecule has 0 amide bonds. The Hall–Kier alpha value is -0.620. The lowest BCUT2D eigenvalue weighted by atomic mass is 10.2. The molecule has 0 rings (SSSR count). The summed E-state index contributed by atoms with van der Waals surface area (Å²) in [5.41, 5.74) is 5.20. The number of hydrogen-bond acceptors (Lipinski definition) is 4. The molecule has 0 saturated carbocycles. The average molecular weight is 181 g/mol. The van der Waals surface area contributed by atoms with Gasteiger partial charge in [0.05, 0.1) is 12.2 Å². The molecule has 1 unspecified atom stereocenters. The van der Waals surface area contributed by atoms with Crippen molar-refractivity contribution in [1.29, 1.82) is 0 Å². The van der Waals surface area contributed by atoms with Gasteiger partial charge in [0.15, 0.2) is 0 Å². The maximum Gasteiger partial charge on any atom is 0.304 e. The van der Waals surface area contributed by atoms with Crippen LogP contribution >= 0.6 is 0 Å². The molecule has 1 atom stereocenters. The average Bonchev–Trinajstić information content (AvgIpc) is 1.53. The third-order valence-corrected chi connectivity index (χ3v) is 1.99. The summed E-state index contributed by atoms with van der Waals surface area (Å²) in [4.78, 5) is 10.0. The lowest BCUT2D eigenvalue weighted by Crippen LogP contribution is -2.31. The first-order valence-corrected chi connectivity index (χ1v) is 5.02. The van der Waals surface area contributed by atoms with Crippen molar-refractivity contribution >= 4 is 15.8 Å². The van der Waals surface area contributed by atoms with E-state index in [4.69, 9.17) is 10.8 Å². The van der Waals surface area contributed by atoms with Crippen molar-refractivity contribution < 1.29 is 18.3 Å².